The second-order valence-corrected chi connectivity index (χ2v) is 3.48. The van der Waals surface area contributed by atoms with Gasteiger partial charge < -0.3 is 5.11 Å². The molecule has 1 nitrogen and oxygen atoms in total. The quantitative estimate of drug-likeness (QED) is 0.713. The van der Waals surface area contributed by atoms with Crippen molar-refractivity contribution in [1.82, 2.24) is 0 Å². The van der Waals surface area contributed by atoms with Crippen LogP contribution in [-0.4, -0.2) is 5.11 Å². The molecule has 1 atom stereocenters. The summed E-state index contributed by atoms with van der Waals surface area (Å²) in [6, 6.07) is 15.7. The lowest BCUT2D eigenvalue weighted by Gasteiger charge is -2.17. The van der Waals surface area contributed by atoms with E-state index in [1.54, 1.807) is 0 Å². The first kappa shape index (κ1) is 9.10. The highest BCUT2D eigenvalue weighted by molar-refractivity contribution is 5.35. The van der Waals surface area contributed by atoms with Crippen LogP contribution in [-0.2, 0) is 0 Å². The Hall–Kier alpha value is -1.47. The Morgan fingerprint density at radius 3 is 2.64 bits per heavy atom. The van der Waals surface area contributed by atoms with Gasteiger partial charge in [0.2, 0.25) is 0 Å². The highest BCUT2D eigenvalue weighted by atomic mass is 16.3. The van der Waals surface area contributed by atoms with Crippen LogP contribution in [0.4, 0.5) is 0 Å². The second-order valence-electron chi connectivity index (χ2n) is 3.48. The van der Waals surface area contributed by atoms with Gasteiger partial charge in [-0.1, -0.05) is 24.3 Å². The summed E-state index contributed by atoms with van der Waals surface area (Å²) in [5.41, 5.74) is 3.07. The average Bonchev–Trinajstić information content (AvgIpc) is 2.70. The number of benzene rings is 1. The molecule has 1 N–H and O–H groups in total. The van der Waals surface area contributed by atoms with E-state index < -0.39 is 6.10 Å². The first-order valence-corrected chi connectivity index (χ1v) is 4.74. The molecule has 0 bridgehead atoms. The molecule has 0 radical (unpaired) electrons. The van der Waals surface area contributed by atoms with Crippen molar-refractivity contribution >= 4 is 0 Å². The molecule has 0 aliphatic heterocycles. The smallest absolute Gasteiger partial charge is 0.0507 e. The van der Waals surface area contributed by atoms with Gasteiger partial charge in [0.25, 0.3) is 0 Å². The molecule has 0 saturated heterocycles. The number of aryl methyl sites for hydroxylation is 1. The topological polar surface area (TPSA) is 20.2 Å². The number of aliphatic hydroxyl groups is 1. The lowest BCUT2D eigenvalue weighted by atomic mass is 9.99. The summed E-state index contributed by atoms with van der Waals surface area (Å²) >= 11 is 0. The molecule has 0 aliphatic carbocycles. The highest BCUT2D eigenvalue weighted by Crippen LogP contribution is 2.24. The zero-order chi connectivity index (χ0) is 9.97. The van der Waals surface area contributed by atoms with Gasteiger partial charge in [-0.3, -0.25) is 0 Å². The van der Waals surface area contributed by atoms with Gasteiger partial charge in [0.1, 0.15) is 0 Å². The monoisotopic (exact) mass is 185 g/mol. The first-order valence-electron chi connectivity index (χ1n) is 4.74. The number of hydrogen-bond acceptors (Lipinski definition) is 1. The van der Waals surface area contributed by atoms with Crippen LogP contribution in [0, 0.1) is 6.92 Å². The minimum absolute atomic E-state index is 0.494. The van der Waals surface area contributed by atoms with Crippen LogP contribution in [0.3, 0.4) is 0 Å². The number of aliphatic hydroxyl groups excluding tert-OH is 1. The molecule has 1 heteroatoms. The van der Waals surface area contributed by atoms with E-state index in [-0.39, 0.29) is 0 Å². The van der Waals surface area contributed by atoms with Crippen molar-refractivity contribution < 1.29 is 5.11 Å². The van der Waals surface area contributed by atoms with Crippen LogP contribution in [0.5, 0.6) is 0 Å². The molecule has 2 rings (SSSR count). The van der Waals surface area contributed by atoms with Crippen LogP contribution in [0.25, 0.3) is 0 Å². The number of rotatable bonds is 2. The van der Waals surface area contributed by atoms with Crippen molar-refractivity contribution in [3.8, 4) is 0 Å². The molecule has 0 amide bonds. The van der Waals surface area contributed by atoms with Crippen molar-refractivity contribution in [2.24, 2.45) is 0 Å². The molecule has 2 aromatic carbocycles. The van der Waals surface area contributed by atoms with Gasteiger partial charge in [0, 0.05) is 0 Å². The summed E-state index contributed by atoms with van der Waals surface area (Å²) in [6.45, 7) is 2.02. The highest BCUT2D eigenvalue weighted by Gasteiger charge is 2.06. The third-order valence-electron chi connectivity index (χ3n) is 2.49. The summed E-state index contributed by atoms with van der Waals surface area (Å²) in [4.78, 5) is 0. The molecule has 0 aromatic heterocycles. The lowest BCUT2D eigenvalue weighted by Crippen LogP contribution is -1.99. The zero-order valence-electron chi connectivity index (χ0n) is 8.14. The van der Waals surface area contributed by atoms with E-state index in [0.29, 0.717) is 0 Å². The van der Waals surface area contributed by atoms with Crippen LogP contribution in [0.15, 0.2) is 48.5 Å². The lowest BCUT2D eigenvalue weighted by molar-refractivity contribution is 0.220. The Morgan fingerprint density at radius 1 is 1.21 bits per heavy atom. The molecular formula is C13H13O-. The maximum atomic E-state index is 10.1. The Morgan fingerprint density at radius 2 is 2.00 bits per heavy atom. The second kappa shape index (κ2) is 3.72. The number of hydrogen-bond donors (Lipinski definition) is 1. The maximum Gasteiger partial charge on any atom is 0.0507 e. The molecule has 0 heterocycles. The van der Waals surface area contributed by atoms with E-state index in [0.717, 1.165) is 16.7 Å². The van der Waals surface area contributed by atoms with Crippen molar-refractivity contribution in [3.05, 3.63) is 65.2 Å². The van der Waals surface area contributed by atoms with Crippen LogP contribution in [0.2, 0.25) is 0 Å². The van der Waals surface area contributed by atoms with E-state index in [2.05, 4.69) is 0 Å². The van der Waals surface area contributed by atoms with Crippen molar-refractivity contribution in [2.75, 3.05) is 0 Å². The SMILES string of the molecule is Cc1ccccc1C(O)c1cc[cH-]c1. The van der Waals surface area contributed by atoms with Gasteiger partial charge in [-0.2, -0.15) is 23.8 Å². The summed E-state index contributed by atoms with van der Waals surface area (Å²) in [5.74, 6) is 0. The third kappa shape index (κ3) is 1.59. The average molecular weight is 185 g/mol. The largest absolute Gasteiger partial charge is 0.397 e. The summed E-state index contributed by atoms with van der Waals surface area (Å²) in [6.07, 6.45) is -0.494. The maximum absolute atomic E-state index is 10.1. The van der Waals surface area contributed by atoms with Gasteiger partial charge in [-0.05, 0) is 18.1 Å². The predicted molar refractivity (Wildman–Crippen MR) is 57.3 cm³/mol. The minimum Gasteiger partial charge on any atom is -0.397 e. The summed E-state index contributed by atoms with van der Waals surface area (Å²) < 4.78 is 0. The third-order valence-corrected chi connectivity index (χ3v) is 2.49. The van der Waals surface area contributed by atoms with E-state index in [9.17, 15) is 5.11 Å². The summed E-state index contributed by atoms with van der Waals surface area (Å²) in [7, 11) is 0. The van der Waals surface area contributed by atoms with Crippen LogP contribution < -0.4 is 0 Å². The standard InChI is InChI=1S/C13H13O/c1-10-6-2-5-9-12(10)13(14)11-7-3-4-8-11/h2-9,13-14H,1H3/q-1. The first-order chi connectivity index (χ1) is 6.79. The van der Waals surface area contributed by atoms with Gasteiger partial charge in [-0.25, -0.2) is 6.07 Å². The molecular weight excluding hydrogens is 172 g/mol. The van der Waals surface area contributed by atoms with Crippen molar-refractivity contribution in [3.63, 3.8) is 0 Å². The molecule has 1 unspecified atom stereocenters. The Labute approximate surface area is 84.0 Å². The minimum atomic E-state index is -0.494. The van der Waals surface area contributed by atoms with Gasteiger partial charge in [0.15, 0.2) is 0 Å². The molecule has 14 heavy (non-hydrogen) atoms. The Bertz CT molecular complexity index is 401. The van der Waals surface area contributed by atoms with Crippen LogP contribution >= 0.6 is 0 Å². The normalized spacial score (nSPS) is 12.7. The van der Waals surface area contributed by atoms with Crippen molar-refractivity contribution in [2.45, 2.75) is 13.0 Å². The van der Waals surface area contributed by atoms with Gasteiger partial charge in [-0.15, -0.1) is 0 Å². The Balaban J connectivity index is 2.37. The van der Waals surface area contributed by atoms with E-state index in [4.69, 9.17) is 0 Å². The van der Waals surface area contributed by atoms with E-state index in [1.807, 2.05) is 55.5 Å². The van der Waals surface area contributed by atoms with Gasteiger partial charge in [0.05, 0.1) is 6.10 Å². The molecule has 0 saturated carbocycles. The van der Waals surface area contributed by atoms with Gasteiger partial charge >= 0.3 is 0 Å². The fraction of sp³-hybridized carbons (Fsp3) is 0.154. The molecule has 0 aliphatic rings. The van der Waals surface area contributed by atoms with Crippen molar-refractivity contribution in [1.29, 1.82) is 0 Å². The Kier molecular flexibility index (Phi) is 2.42. The molecule has 0 spiro atoms. The molecule has 0 fully saturated rings. The molecule has 2 aromatic rings. The fourth-order valence-corrected chi connectivity index (χ4v) is 1.64. The van der Waals surface area contributed by atoms with E-state index >= 15 is 0 Å². The summed E-state index contributed by atoms with van der Waals surface area (Å²) in [5, 5.41) is 10.1. The van der Waals surface area contributed by atoms with E-state index in [1.165, 1.54) is 0 Å². The predicted octanol–water partition coefficient (Wildman–Crippen LogP) is 2.80. The van der Waals surface area contributed by atoms with Crippen LogP contribution in [0.1, 0.15) is 22.8 Å². The fourth-order valence-electron chi connectivity index (χ4n) is 1.64. The molecule has 72 valence electrons. The zero-order valence-corrected chi connectivity index (χ0v) is 8.14.